The van der Waals surface area contributed by atoms with Crippen molar-refractivity contribution in [2.45, 2.75) is 32.0 Å². The summed E-state index contributed by atoms with van der Waals surface area (Å²) in [7, 11) is 0. The van der Waals surface area contributed by atoms with Crippen molar-refractivity contribution in [3.8, 4) is 0 Å². The third-order valence-corrected chi connectivity index (χ3v) is 2.51. The van der Waals surface area contributed by atoms with Crippen molar-refractivity contribution in [3.63, 3.8) is 0 Å². The quantitative estimate of drug-likeness (QED) is 0.726. The Labute approximate surface area is 77.1 Å². The van der Waals surface area contributed by atoms with E-state index in [-0.39, 0.29) is 13.2 Å². The maximum atomic E-state index is 9.16. The van der Waals surface area contributed by atoms with Crippen LogP contribution in [0, 0.1) is 0 Å². The van der Waals surface area contributed by atoms with Crippen LogP contribution in [0.5, 0.6) is 0 Å². The molecule has 0 saturated heterocycles. The third-order valence-electron chi connectivity index (χ3n) is 2.51. The highest BCUT2D eigenvalue weighted by Gasteiger charge is 2.26. The van der Waals surface area contributed by atoms with E-state index < -0.39 is 0 Å². The molecule has 1 aromatic rings. The molecule has 2 N–H and O–H groups in total. The molecule has 3 nitrogen and oxygen atoms in total. The van der Waals surface area contributed by atoms with Gasteiger partial charge in [-0.25, -0.2) is 0 Å². The standard InChI is InChI=1S/C10H13NO2/c12-5-9-8(7-1-2-7)3-4-11-10(9)6-13/h3-4,7,12-13H,1-2,5-6H2. The molecule has 0 amide bonds. The van der Waals surface area contributed by atoms with E-state index in [0.717, 1.165) is 5.56 Å². The van der Waals surface area contributed by atoms with Crippen molar-refractivity contribution in [3.05, 3.63) is 29.1 Å². The second-order valence-electron chi connectivity index (χ2n) is 3.42. The van der Waals surface area contributed by atoms with Crippen molar-refractivity contribution in [2.24, 2.45) is 0 Å². The number of aromatic nitrogens is 1. The molecule has 13 heavy (non-hydrogen) atoms. The minimum atomic E-state index is -0.0869. The van der Waals surface area contributed by atoms with Crippen LogP contribution in [0.4, 0.5) is 0 Å². The number of rotatable bonds is 3. The molecule has 1 aliphatic carbocycles. The lowest BCUT2D eigenvalue weighted by Crippen LogP contribution is -2.01. The first-order valence-electron chi connectivity index (χ1n) is 4.55. The topological polar surface area (TPSA) is 53.4 Å². The van der Waals surface area contributed by atoms with Gasteiger partial charge in [-0.2, -0.15) is 0 Å². The molecule has 0 spiro atoms. The molecule has 0 radical (unpaired) electrons. The maximum Gasteiger partial charge on any atom is 0.0856 e. The average Bonchev–Trinajstić information content (AvgIpc) is 2.99. The molecular formula is C10H13NO2. The fourth-order valence-corrected chi connectivity index (χ4v) is 1.65. The van der Waals surface area contributed by atoms with Gasteiger partial charge in [0.1, 0.15) is 0 Å². The van der Waals surface area contributed by atoms with Gasteiger partial charge in [-0.05, 0) is 30.4 Å². The van der Waals surface area contributed by atoms with Crippen molar-refractivity contribution in [2.75, 3.05) is 0 Å². The van der Waals surface area contributed by atoms with Crippen LogP contribution in [-0.4, -0.2) is 15.2 Å². The van der Waals surface area contributed by atoms with Crippen LogP contribution in [0.1, 0.15) is 35.6 Å². The predicted molar refractivity (Wildman–Crippen MR) is 48.1 cm³/mol. The van der Waals surface area contributed by atoms with Crippen LogP contribution in [0.15, 0.2) is 12.3 Å². The number of hydrogen-bond acceptors (Lipinski definition) is 3. The van der Waals surface area contributed by atoms with Gasteiger partial charge in [0.15, 0.2) is 0 Å². The SMILES string of the molecule is OCc1nccc(C2CC2)c1CO. The van der Waals surface area contributed by atoms with E-state index in [2.05, 4.69) is 4.98 Å². The summed E-state index contributed by atoms with van der Waals surface area (Å²) in [5.74, 6) is 0.593. The van der Waals surface area contributed by atoms with E-state index in [1.807, 2.05) is 6.07 Å². The Balaban J connectivity index is 2.41. The molecule has 0 atom stereocenters. The van der Waals surface area contributed by atoms with Crippen LogP contribution in [0.2, 0.25) is 0 Å². The number of aliphatic hydroxyl groups excluding tert-OH is 2. The first kappa shape index (κ1) is 8.66. The van der Waals surface area contributed by atoms with Crippen LogP contribution in [0.3, 0.4) is 0 Å². The summed E-state index contributed by atoms with van der Waals surface area (Å²) in [4.78, 5) is 4.03. The zero-order chi connectivity index (χ0) is 9.26. The number of nitrogens with zero attached hydrogens (tertiary/aromatic N) is 1. The van der Waals surface area contributed by atoms with Crippen molar-refractivity contribution < 1.29 is 10.2 Å². The highest BCUT2D eigenvalue weighted by molar-refractivity contribution is 5.34. The summed E-state index contributed by atoms with van der Waals surface area (Å²) >= 11 is 0. The van der Waals surface area contributed by atoms with Gasteiger partial charge >= 0.3 is 0 Å². The molecule has 1 fully saturated rings. The van der Waals surface area contributed by atoms with Gasteiger partial charge in [-0.3, -0.25) is 4.98 Å². The zero-order valence-electron chi connectivity index (χ0n) is 7.40. The van der Waals surface area contributed by atoms with Crippen LogP contribution in [-0.2, 0) is 13.2 Å². The molecular weight excluding hydrogens is 166 g/mol. The summed E-state index contributed by atoms with van der Waals surface area (Å²) in [6, 6.07) is 1.95. The number of aliphatic hydroxyl groups is 2. The van der Waals surface area contributed by atoms with E-state index in [1.165, 1.54) is 18.4 Å². The molecule has 70 valence electrons. The third kappa shape index (κ3) is 1.57. The average molecular weight is 179 g/mol. The zero-order valence-corrected chi connectivity index (χ0v) is 7.40. The second kappa shape index (κ2) is 3.44. The molecule has 1 aromatic heterocycles. The minimum absolute atomic E-state index is 0.0183. The summed E-state index contributed by atoms with van der Waals surface area (Å²) in [5.41, 5.74) is 2.61. The van der Waals surface area contributed by atoms with Gasteiger partial charge in [0.25, 0.3) is 0 Å². The number of pyridine rings is 1. The summed E-state index contributed by atoms with van der Waals surface area (Å²) in [5, 5.41) is 18.2. The molecule has 0 aliphatic heterocycles. The molecule has 1 heterocycles. The van der Waals surface area contributed by atoms with Crippen molar-refractivity contribution in [1.82, 2.24) is 4.98 Å². The second-order valence-corrected chi connectivity index (χ2v) is 3.42. The lowest BCUT2D eigenvalue weighted by molar-refractivity contribution is 0.255. The Hall–Kier alpha value is -0.930. The highest BCUT2D eigenvalue weighted by atomic mass is 16.3. The monoisotopic (exact) mass is 179 g/mol. The molecule has 3 heteroatoms. The Kier molecular flexibility index (Phi) is 2.29. The molecule has 2 rings (SSSR count). The van der Waals surface area contributed by atoms with Crippen molar-refractivity contribution >= 4 is 0 Å². The van der Waals surface area contributed by atoms with Crippen LogP contribution < -0.4 is 0 Å². The molecule has 1 aliphatic rings. The molecule has 0 aromatic carbocycles. The minimum Gasteiger partial charge on any atom is -0.392 e. The normalized spacial score (nSPS) is 16.2. The van der Waals surface area contributed by atoms with Crippen molar-refractivity contribution in [1.29, 1.82) is 0 Å². The smallest absolute Gasteiger partial charge is 0.0856 e. The van der Waals surface area contributed by atoms with Gasteiger partial charge in [-0.1, -0.05) is 0 Å². The fourth-order valence-electron chi connectivity index (χ4n) is 1.65. The van der Waals surface area contributed by atoms with E-state index in [4.69, 9.17) is 10.2 Å². The largest absolute Gasteiger partial charge is 0.392 e. The van der Waals surface area contributed by atoms with Gasteiger partial charge in [-0.15, -0.1) is 0 Å². The van der Waals surface area contributed by atoms with Crippen LogP contribution >= 0.6 is 0 Å². The Morgan fingerprint density at radius 2 is 2.08 bits per heavy atom. The molecule has 0 bridgehead atoms. The van der Waals surface area contributed by atoms with E-state index in [1.54, 1.807) is 6.20 Å². The van der Waals surface area contributed by atoms with E-state index in [9.17, 15) is 0 Å². The lowest BCUT2D eigenvalue weighted by Gasteiger charge is -2.08. The Bertz CT molecular complexity index is 308. The number of hydrogen-bond donors (Lipinski definition) is 2. The maximum absolute atomic E-state index is 9.16. The van der Waals surface area contributed by atoms with E-state index in [0.29, 0.717) is 11.6 Å². The first-order valence-corrected chi connectivity index (χ1v) is 4.55. The Morgan fingerprint density at radius 1 is 1.31 bits per heavy atom. The molecule has 0 unspecified atom stereocenters. The summed E-state index contributed by atoms with van der Waals surface area (Å²) < 4.78 is 0. The summed E-state index contributed by atoms with van der Waals surface area (Å²) in [6.45, 7) is -0.105. The fraction of sp³-hybridized carbons (Fsp3) is 0.500. The van der Waals surface area contributed by atoms with Gasteiger partial charge < -0.3 is 10.2 Å². The predicted octanol–water partition coefficient (Wildman–Crippen LogP) is 0.944. The molecule has 1 saturated carbocycles. The van der Waals surface area contributed by atoms with Crippen LogP contribution in [0.25, 0.3) is 0 Å². The first-order chi connectivity index (χ1) is 6.36. The summed E-state index contributed by atoms with van der Waals surface area (Å²) in [6.07, 6.45) is 4.10. The highest BCUT2D eigenvalue weighted by Crippen LogP contribution is 2.41. The van der Waals surface area contributed by atoms with Gasteiger partial charge in [0, 0.05) is 11.8 Å². The van der Waals surface area contributed by atoms with Gasteiger partial charge in [0.05, 0.1) is 18.9 Å². The Morgan fingerprint density at radius 3 is 2.62 bits per heavy atom. The van der Waals surface area contributed by atoms with Gasteiger partial charge in [0.2, 0.25) is 0 Å². The lowest BCUT2D eigenvalue weighted by atomic mass is 10.0. The van der Waals surface area contributed by atoms with E-state index >= 15 is 0 Å².